The summed E-state index contributed by atoms with van der Waals surface area (Å²) in [6, 6.07) is 31.8. The maximum atomic E-state index is 13.3. The van der Waals surface area contributed by atoms with Gasteiger partial charge in [0.1, 0.15) is 12.1 Å². The normalized spacial score (nSPS) is 17.5. The van der Waals surface area contributed by atoms with Crippen LogP contribution in [0.25, 0.3) is 33.7 Å². The molecule has 2 atom stereocenters. The number of rotatable bonds is 6. The van der Waals surface area contributed by atoms with E-state index in [0.717, 1.165) is 35.2 Å². The molecule has 1 fully saturated rings. The third kappa shape index (κ3) is 4.81. The second-order valence-corrected chi connectivity index (χ2v) is 11.1. The molecule has 210 valence electrons. The van der Waals surface area contributed by atoms with Gasteiger partial charge in [0.15, 0.2) is 5.58 Å². The van der Waals surface area contributed by atoms with Crippen LogP contribution in [0.5, 0.6) is 0 Å². The van der Waals surface area contributed by atoms with Crippen molar-refractivity contribution in [3.63, 3.8) is 0 Å². The van der Waals surface area contributed by atoms with E-state index in [1.807, 2.05) is 72.8 Å². The average molecular weight is 558 g/mol. The van der Waals surface area contributed by atoms with E-state index in [-0.39, 0.29) is 30.4 Å². The number of oxazole rings is 1. The first-order valence-corrected chi connectivity index (χ1v) is 14.4. The van der Waals surface area contributed by atoms with Crippen LogP contribution in [0.4, 0.5) is 10.5 Å². The van der Waals surface area contributed by atoms with Crippen LogP contribution in [0.2, 0.25) is 0 Å². The molecule has 0 radical (unpaired) electrons. The Bertz CT molecular complexity index is 1700. The fourth-order valence-electron chi connectivity index (χ4n) is 6.37. The summed E-state index contributed by atoms with van der Waals surface area (Å²) in [6.45, 7) is 0.275. The Morgan fingerprint density at radius 2 is 1.55 bits per heavy atom. The Morgan fingerprint density at radius 3 is 2.26 bits per heavy atom. The van der Waals surface area contributed by atoms with Crippen LogP contribution < -0.4 is 10.2 Å². The highest BCUT2D eigenvalue weighted by Crippen LogP contribution is 2.44. The number of nitrogens with one attached hydrogen (secondary N) is 1. The molecular weight excluding hydrogens is 526 g/mol. The van der Waals surface area contributed by atoms with E-state index in [2.05, 4.69) is 34.6 Å². The number of hydrogen-bond acceptors (Lipinski definition) is 5. The number of alkyl carbamates (subject to hydrolysis) is 1. The van der Waals surface area contributed by atoms with Gasteiger partial charge in [-0.3, -0.25) is 4.79 Å². The molecule has 0 aliphatic heterocycles. The molecule has 1 aromatic heterocycles. The van der Waals surface area contributed by atoms with E-state index < -0.39 is 6.09 Å². The van der Waals surface area contributed by atoms with Gasteiger partial charge in [-0.25, -0.2) is 9.78 Å². The third-order valence-electron chi connectivity index (χ3n) is 8.57. The van der Waals surface area contributed by atoms with Crippen LogP contribution in [0.1, 0.15) is 36.3 Å². The molecule has 2 aliphatic carbocycles. The van der Waals surface area contributed by atoms with E-state index in [1.165, 1.54) is 22.3 Å². The second kappa shape index (κ2) is 10.8. The number of carbonyl (C=O) groups excluding carboxylic acids is 2. The van der Waals surface area contributed by atoms with Gasteiger partial charge in [0, 0.05) is 36.2 Å². The summed E-state index contributed by atoms with van der Waals surface area (Å²) in [4.78, 5) is 32.4. The minimum absolute atomic E-state index is 0.0173. The van der Waals surface area contributed by atoms with E-state index in [9.17, 15) is 9.59 Å². The Morgan fingerprint density at radius 1 is 0.881 bits per heavy atom. The van der Waals surface area contributed by atoms with Crippen LogP contribution in [-0.4, -0.2) is 36.7 Å². The zero-order valence-electron chi connectivity index (χ0n) is 23.3. The highest BCUT2D eigenvalue weighted by molar-refractivity contribution is 5.95. The van der Waals surface area contributed by atoms with Gasteiger partial charge < -0.3 is 19.4 Å². The number of fused-ring (bicyclic) bond motifs is 4. The number of ether oxygens (including phenoxy) is 1. The van der Waals surface area contributed by atoms with Gasteiger partial charge in [-0.15, -0.1) is 0 Å². The quantitative estimate of drug-likeness (QED) is 0.239. The summed E-state index contributed by atoms with van der Waals surface area (Å²) in [5.41, 5.74) is 7.97. The number of anilines is 1. The molecule has 0 spiro atoms. The van der Waals surface area contributed by atoms with Crippen molar-refractivity contribution in [3.8, 4) is 22.6 Å². The minimum atomic E-state index is -0.432. The van der Waals surface area contributed by atoms with Crippen molar-refractivity contribution in [1.29, 1.82) is 0 Å². The highest BCUT2D eigenvalue weighted by atomic mass is 16.5. The summed E-state index contributed by atoms with van der Waals surface area (Å²) < 4.78 is 11.6. The van der Waals surface area contributed by atoms with Crippen molar-refractivity contribution in [2.45, 2.75) is 31.2 Å². The third-order valence-corrected chi connectivity index (χ3v) is 8.57. The van der Waals surface area contributed by atoms with Gasteiger partial charge >= 0.3 is 6.09 Å². The number of hydrogen-bond donors (Lipinski definition) is 1. The maximum absolute atomic E-state index is 13.3. The zero-order valence-corrected chi connectivity index (χ0v) is 23.3. The summed E-state index contributed by atoms with van der Waals surface area (Å²) >= 11 is 0. The first-order valence-electron chi connectivity index (χ1n) is 14.4. The SMILES string of the molecule is CN(C(=O)C1CCC(NC(=O)OCC2c3ccccc3-c3ccccc32)C1)c1ccc(-c2nc3ccccc3o2)cc1. The Hall–Kier alpha value is -4.91. The van der Waals surface area contributed by atoms with Crippen molar-refractivity contribution < 1.29 is 18.7 Å². The lowest BCUT2D eigenvalue weighted by Gasteiger charge is -2.22. The molecule has 7 rings (SSSR count). The Labute approximate surface area is 244 Å². The van der Waals surface area contributed by atoms with E-state index >= 15 is 0 Å². The number of carbonyl (C=O) groups is 2. The Kier molecular flexibility index (Phi) is 6.70. The molecule has 7 nitrogen and oxygen atoms in total. The lowest BCUT2D eigenvalue weighted by atomic mass is 9.98. The first kappa shape index (κ1) is 26.0. The molecule has 2 aliphatic rings. The van der Waals surface area contributed by atoms with E-state index in [1.54, 1.807) is 11.9 Å². The molecule has 5 aromatic rings. The molecule has 0 bridgehead atoms. The van der Waals surface area contributed by atoms with Gasteiger partial charge in [0.2, 0.25) is 11.8 Å². The molecule has 1 heterocycles. The first-order chi connectivity index (χ1) is 20.5. The summed E-state index contributed by atoms with van der Waals surface area (Å²) in [5, 5.41) is 3.00. The summed E-state index contributed by atoms with van der Waals surface area (Å²) in [6.07, 6.45) is 1.62. The number of para-hydroxylation sites is 2. The predicted molar refractivity (Wildman–Crippen MR) is 162 cm³/mol. The van der Waals surface area contributed by atoms with E-state index in [0.29, 0.717) is 12.3 Å². The zero-order chi connectivity index (χ0) is 28.6. The van der Waals surface area contributed by atoms with Crippen LogP contribution >= 0.6 is 0 Å². The van der Waals surface area contributed by atoms with Crippen molar-refractivity contribution in [3.05, 3.63) is 108 Å². The molecule has 4 aromatic carbocycles. The molecule has 1 N–H and O–H groups in total. The maximum Gasteiger partial charge on any atom is 0.407 e. The molecule has 1 saturated carbocycles. The highest BCUT2D eigenvalue weighted by Gasteiger charge is 2.34. The average Bonchev–Trinajstić information content (AvgIpc) is 3.75. The number of benzene rings is 4. The van der Waals surface area contributed by atoms with Crippen molar-refractivity contribution >= 4 is 28.8 Å². The molecule has 2 unspecified atom stereocenters. The molecule has 42 heavy (non-hydrogen) atoms. The number of nitrogens with zero attached hydrogens (tertiary/aromatic N) is 2. The largest absolute Gasteiger partial charge is 0.449 e. The lowest BCUT2D eigenvalue weighted by Crippen LogP contribution is -2.36. The molecule has 2 amide bonds. The van der Waals surface area contributed by atoms with Crippen molar-refractivity contribution in [2.24, 2.45) is 5.92 Å². The van der Waals surface area contributed by atoms with Gasteiger partial charge in [-0.05, 0) is 77.9 Å². The standard InChI is InChI=1S/C35H31N3O4/c1-38(25-18-15-22(16-19-25)33-37-31-12-6-7-13-32(31)42-33)34(39)23-14-17-24(20-23)36-35(40)41-21-30-28-10-4-2-8-26(28)27-9-3-5-11-29(27)30/h2-13,15-16,18-19,23-24,30H,14,17,20-21H2,1H3,(H,36,40). The van der Waals surface area contributed by atoms with Crippen LogP contribution in [0.15, 0.2) is 101 Å². The molecular formula is C35H31N3O4. The lowest BCUT2D eigenvalue weighted by molar-refractivity contribution is -0.121. The van der Waals surface area contributed by atoms with Crippen LogP contribution in [-0.2, 0) is 9.53 Å². The topological polar surface area (TPSA) is 84.7 Å². The fourth-order valence-corrected chi connectivity index (χ4v) is 6.37. The molecule has 7 heteroatoms. The van der Waals surface area contributed by atoms with E-state index in [4.69, 9.17) is 9.15 Å². The van der Waals surface area contributed by atoms with Gasteiger partial charge in [0.25, 0.3) is 0 Å². The summed E-state index contributed by atoms with van der Waals surface area (Å²) in [7, 11) is 1.79. The van der Waals surface area contributed by atoms with Gasteiger partial charge in [-0.2, -0.15) is 0 Å². The van der Waals surface area contributed by atoms with Crippen LogP contribution in [0.3, 0.4) is 0 Å². The minimum Gasteiger partial charge on any atom is -0.449 e. The van der Waals surface area contributed by atoms with Crippen LogP contribution in [0, 0.1) is 5.92 Å². The monoisotopic (exact) mass is 557 g/mol. The van der Waals surface area contributed by atoms with Gasteiger partial charge in [-0.1, -0.05) is 60.7 Å². The molecule has 0 saturated heterocycles. The van der Waals surface area contributed by atoms with Crippen molar-refractivity contribution in [1.82, 2.24) is 10.3 Å². The smallest absolute Gasteiger partial charge is 0.407 e. The number of amides is 2. The Balaban J connectivity index is 0.936. The second-order valence-electron chi connectivity index (χ2n) is 11.1. The fraction of sp³-hybridized carbons (Fsp3) is 0.229. The summed E-state index contributed by atoms with van der Waals surface area (Å²) in [5.74, 6) is 0.449. The number of aromatic nitrogens is 1. The van der Waals surface area contributed by atoms with Gasteiger partial charge in [0.05, 0.1) is 0 Å². The predicted octanol–water partition coefficient (Wildman–Crippen LogP) is 7.17. The van der Waals surface area contributed by atoms with Crippen molar-refractivity contribution in [2.75, 3.05) is 18.6 Å².